The Hall–Kier alpha value is -3.50. The van der Waals surface area contributed by atoms with Crippen molar-refractivity contribution in [3.8, 4) is 6.07 Å². The third kappa shape index (κ3) is 7.00. The van der Waals surface area contributed by atoms with Crippen molar-refractivity contribution in [3.63, 3.8) is 0 Å². The molecule has 2 aromatic rings. The van der Waals surface area contributed by atoms with E-state index in [0.717, 1.165) is 5.56 Å². The van der Waals surface area contributed by atoms with Crippen LogP contribution < -0.4 is 0 Å². The number of hydrogen-bond donors (Lipinski definition) is 0. The molecule has 0 aromatic heterocycles. The third-order valence-electron chi connectivity index (χ3n) is 6.02. The van der Waals surface area contributed by atoms with Gasteiger partial charge in [-0.1, -0.05) is 49.4 Å². The van der Waals surface area contributed by atoms with E-state index in [2.05, 4.69) is 0 Å². The number of piperidine rings is 1. The Morgan fingerprint density at radius 1 is 1.03 bits per heavy atom. The van der Waals surface area contributed by atoms with Gasteiger partial charge in [0, 0.05) is 31.0 Å². The van der Waals surface area contributed by atoms with Gasteiger partial charge in [-0.05, 0) is 37.5 Å². The van der Waals surface area contributed by atoms with Crippen molar-refractivity contribution in [2.75, 3.05) is 19.7 Å². The highest BCUT2D eigenvalue weighted by Gasteiger charge is 2.28. The number of ether oxygens (including phenoxy) is 2. The Bertz CT molecular complexity index is 1020. The summed E-state index contributed by atoms with van der Waals surface area (Å²) in [5.41, 5.74) is 1.92. The van der Waals surface area contributed by atoms with E-state index in [-0.39, 0.29) is 36.9 Å². The lowest BCUT2D eigenvalue weighted by Crippen LogP contribution is -2.43. The summed E-state index contributed by atoms with van der Waals surface area (Å²) < 4.78 is 11.2. The highest BCUT2D eigenvalue weighted by atomic mass is 16.6. The Morgan fingerprint density at radius 3 is 2.29 bits per heavy atom. The van der Waals surface area contributed by atoms with Gasteiger partial charge < -0.3 is 14.4 Å². The lowest BCUT2D eigenvalue weighted by Gasteiger charge is -2.33. The summed E-state index contributed by atoms with van der Waals surface area (Å²) in [7, 11) is 0. The molecule has 1 heterocycles. The Morgan fingerprint density at radius 2 is 1.68 bits per heavy atom. The van der Waals surface area contributed by atoms with Crippen LogP contribution in [-0.4, -0.2) is 48.4 Å². The molecule has 1 saturated heterocycles. The van der Waals surface area contributed by atoms with Crippen LogP contribution in [0.1, 0.15) is 60.7 Å². The van der Waals surface area contributed by atoms with Crippen LogP contribution >= 0.6 is 0 Å². The molecule has 0 spiro atoms. The minimum atomic E-state index is -0.435. The highest BCUT2D eigenvalue weighted by Crippen LogP contribution is 2.20. The first-order chi connectivity index (χ1) is 16.4. The quantitative estimate of drug-likeness (QED) is 0.412. The smallest absolute Gasteiger partial charge is 0.332 e. The summed E-state index contributed by atoms with van der Waals surface area (Å²) in [5, 5.41) is 8.87. The van der Waals surface area contributed by atoms with E-state index in [0.29, 0.717) is 37.1 Å². The topological polar surface area (TPSA) is 96.7 Å². The van der Waals surface area contributed by atoms with Crippen molar-refractivity contribution in [2.24, 2.45) is 5.92 Å². The predicted molar refractivity (Wildman–Crippen MR) is 126 cm³/mol. The molecule has 1 amide bonds. The molecule has 178 valence electrons. The van der Waals surface area contributed by atoms with Gasteiger partial charge in [-0.15, -0.1) is 0 Å². The fourth-order valence-electron chi connectivity index (χ4n) is 3.98. The number of ketones is 1. The Kier molecular flexibility index (Phi) is 8.94. The number of nitriles is 1. The van der Waals surface area contributed by atoms with Gasteiger partial charge >= 0.3 is 5.97 Å². The maximum absolute atomic E-state index is 12.8. The Balaban J connectivity index is 1.38. The standard InChI is InChI=1S/C27H30N2O5/c1-19(16-25(30)23-10-8-21(17-28)9-11-23)27(32)29-14-12-24(13-15-29)33-18-26(31)34-20(2)22-6-4-3-5-7-22/h3-11,19-20,24H,12-16,18H2,1-2H3/t19-,20-/m1/s1. The lowest BCUT2D eigenvalue weighted by atomic mass is 9.97. The first kappa shape index (κ1) is 25.1. The molecule has 1 aliphatic heterocycles. The van der Waals surface area contributed by atoms with Gasteiger partial charge in [0.05, 0.1) is 17.7 Å². The number of carbonyl (C=O) groups excluding carboxylic acids is 3. The molecular formula is C27H30N2O5. The van der Waals surface area contributed by atoms with Crippen LogP contribution in [0.15, 0.2) is 54.6 Å². The van der Waals surface area contributed by atoms with Gasteiger partial charge in [-0.25, -0.2) is 4.79 Å². The SMILES string of the molecule is C[C@H](CC(=O)c1ccc(C#N)cc1)C(=O)N1CCC(OCC(=O)O[C@H](C)c2ccccc2)CC1. The molecule has 0 N–H and O–H groups in total. The molecule has 1 fully saturated rings. The number of rotatable bonds is 9. The summed E-state index contributed by atoms with van der Waals surface area (Å²) >= 11 is 0. The average molecular weight is 463 g/mol. The number of amides is 1. The molecule has 34 heavy (non-hydrogen) atoms. The summed E-state index contributed by atoms with van der Waals surface area (Å²) in [6.07, 6.45) is 0.921. The van der Waals surface area contributed by atoms with Crippen molar-refractivity contribution in [1.29, 1.82) is 5.26 Å². The minimum absolute atomic E-state index is 0.0588. The number of nitrogens with zero attached hydrogens (tertiary/aromatic N) is 2. The number of Topliss-reactive ketones (excluding diaryl/α,β-unsaturated/α-hetero) is 1. The number of benzene rings is 2. The number of likely N-dealkylation sites (tertiary alicyclic amines) is 1. The van der Waals surface area contributed by atoms with E-state index < -0.39 is 11.9 Å². The summed E-state index contributed by atoms with van der Waals surface area (Å²) in [6.45, 7) is 4.51. The van der Waals surface area contributed by atoms with Crippen LogP contribution in [0.4, 0.5) is 0 Å². The van der Waals surface area contributed by atoms with E-state index in [9.17, 15) is 14.4 Å². The molecule has 0 saturated carbocycles. The molecule has 0 unspecified atom stereocenters. The van der Waals surface area contributed by atoms with Crippen LogP contribution in [0, 0.1) is 17.2 Å². The van der Waals surface area contributed by atoms with E-state index in [1.54, 1.807) is 36.1 Å². The minimum Gasteiger partial charge on any atom is -0.456 e. The molecule has 1 aliphatic rings. The van der Waals surface area contributed by atoms with Gasteiger partial charge in [0.15, 0.2) is 5.78 Å². The molecule has 3 rings (SSSR count). The number of esters is 1. The predicted octanol–water partition coefficient (Wildman–Crippen LogP) is 4.08. The monoisotopic (exact) mass is 462 g/mol. The first-order valence-corrected chi connectivity index (χ1v) is 11.6. The van der Waals surface area contributed by atoms with Gasteiger partial charge in [-0.2, -0.15) is 5.26 Å². The van der Waals surface area contributed by atoms with Crippen molar-refractivity contribution in [1.82, 2.24) is 4.90 Å². The third-order valence-corrected chi connectivity index (χ3v) is 6.02. The normalized spacial score (nSPS) is 15.7. The number of hydrogen-bond acceptors (Lipinski definition) is 6. The molecule has 0 radical (unpaired) electrons. The average Bonchev–Trinajstić information content (AvgIpc) is 2.87. The molecule has 0 bridgehead atoms. The molecule has 2 aromatic carbocycles. The largest absolute Gasteiger partial charge is 0.456 e. The van der Waals surface area contributed by atoms with Crippen molar-refractivity contribution < 1.29 is 23.9 Å². The van der Waals surface area contributed by atoms with Crippen molar-refractivity contribution >= 4 is 17.7 Å². The van der Waals surface area contributed by atoms with Gasteiger partial charge in [0.25, 0.3) is 0 Å². The molecule has 7 heteroatoms. The lowest BCUT2D eigenvalue weighted by molar-refractivity contribution is -0.157. The summed E-state index contributed by atoms with van der Waals surface area (Å²) in [5.74, 6) is -1.02. The molecule has 7 nitrogen and oxygen atoms in total. The maximum Gasteiger partial charge on any atom is 0.332 e. The van der Waals surface area contributed by atoms with Crippen molar-refractivity contribution in [2.45, 2.75) is 45.3 Å². The van der Waals surface area contributed by atoms with E-state index in [1.165, 1.54) is 0 Å². The van der Waals surface area contributed by atoms with Crippen LogP contribution in [-0.2, 0) is 19.1 Å². The summed E-state index contributed by atoms with van der Waals surface area (Å²) in [6, 6.07) is 18.0. The molecular weight excluding hydrogens is 432 g/mol. The van der Waals surface area contributed by atoms with Crippen LogP contribution in [0.2, 0.25) is 0 Å². The first-order valence-electron chi connectivity index (χ1n) is 11.6. The van der Waals surface area contributed by atoms with E-state index >= 15 is 0 Å². The van der Waals surface area contributed by atoms with E-state index in [1.807, 2.05) is 43.3 Å². The zero-order chi connectivity index (χ0) is 24.5. The second-order valence-electron chi connectivity index (χ2n) is 8.60. The maximum atomic E-state index is 12.8. The highest BCUT2D eigenvalue weighted by molar-refractivity contribution is 5.98. The molecule has 2 atom stereocenters. The van der Waals surface area contributed by atoms with Crippen LogP contribution in [0.25, 0.3) is 0 Å². The van der Waals surface area contributed by atoms with Crippen molar-refractivity contribution in [3.05, 3.63) is 71.3 Å². The molecule has 0 aliphatic carbocycles. The Labute approximate surface area is 200 Å². The zero-order valence-electron chi connectivity index (χ0n) is 19.6. The van der Waals surface area contributed by atoms with Crippen LogP contribution in [0.3, 0.4) is 0 Å². The second kappa shape index (κ2) is 12.1. The number of carbonyl (C=O) groups is 3. The van der Waals surface area contributed by atoms with E-state index in [4.69, 9.17) is 14.7 Å². The fourth-order valence-corrected chi connectivity index (χ4v) is 3.98. The summed E-state index contributed by atoms with van der Waals surface area (Å²) in [4.78, 5) is 39.2. The van der Waals surface area contributed by atoms with Crippen LogP contribution in [0.5, 0.6) is 0 Å². The fraction of sp³-hybridized carbons (Fsp3) is 0.407. The van der Waals surface area contributed by atoms with Gasteiger partial charge in [0.2, 0.25) is 5.91 Å². The zero-order valence-corrected chi connectivity index (χ0v) is 19.6. The van der Waals surface area contributed by atoms with Gasteiger partial charge in [0.1, 0.15) is 12.7 Å². The second-order valence-corrected chi connectivity index (χ2v) is 8.60. The van der Waals surface area contributed by atoms with Gasteiger partial charge in [-0.3, -0.25) is 9.59 Å².